The van der Waals surface area contributed by atoms with Crippen molar-refractivity contribution in [3.05, 3.63) is 78.4 Å². The van der Waals surface area contributed by atoms with E-state index in [2.05, 4.69) is 5.32 Å². The molecule has 0 atom stereocenters. The zero-order chi connectivity index (χ0) is 22.5. The molecule has 1 aliphatic rings. The number of hydrogen-bond acceptors (Lipinski definition) is 5. The predicted molar refractivity (Wildman–Crippen MR) is 120 cm³/mol. The normalized spacial score (nSPS) is 13.2. The first-order valence-corrected chi connectivity index (χ1v) is 10.3. The second-order valence-corrected chi connectivity index (χ2v) is 7.15. The number of nitrogens with one attached hydrogen (secondary N) is 1. The summed E-state index contributed by atoms with van der Waals surface area (Å²) in [6.07, 6.45) is 0.443. The number of amides is 3. The lowest BCUT2D eigenvalue weighted by Crippen LogP contribution is -2.28. The van der Waals surface area contributed by atoms with Crippen molar-refractivity contribution in [3.63, 3.8) is 0 Å². The predicted octanol–water partition coefficient (Wildman–Crippen LogP) is 4.78. The Hall–Kier alpha value is -4.13. The van der Waals surface area contributed by atoms with Crippen molar-refractivity contribution in [2.45, 2.75) is 19.8 Å². The maximum absolute atomic E-state index is 12.5. The van der Waals surface area contributed by atoms with E-state index in [0.29, 0.717) is 35.0 Å². The van der Waals surface area contributed by atoms with E-state index in [1.54, 1.807) is 48.5 Å². The van der Waals surface area contributed by atoms with Gasteiger partial charge in [0.1, 0.15) is 17.2 Å². The van der Waals surface area contributed by atoms with E-state index in [0.717, 1.165) is 10.6 Å². The molecule has 0 aliphatic carbocycles. The van der Waals surface area contributed by atoms with Crippen LogP contribution in [-0.4, -0.2) is 24.3 Å². The number of carbonyl (C=O) groups excluding carboxylic acids is 3. The zero-order valence-electron chi connectivity index (χ0n) is 17.5. The number of carbonyl (C=O) groups is 3. The quantitative estimate of drug-likeness (QED) is 0.545. The van der Waals surface area contributed by atoms with Crippen molar-refractivity contribution in [2.75, 3.05) is 16.8 Å². The Balaban J connectivity index is 1.36. The number of hydrogen-bond donors (Lipinski definition) is 1. The summed E-state index contributed by atoms with van der Waals surface area (Å²) in [6, 6.07) is 20.7. The smallest absolute Gasteiger partial charge is 0.255 e. The molecule has 4 rings (SSSR count). The number of benzene rings is 3. The van der Waals surface area contributed by atoms with Crippen LogP contribution in [0.3, 0.4) is 0 Å². The molecular weight excluding hydrogens is 408 g/mol. The molecule has 3 aromatic carbocycles. The van der Waals surface area contributed by atoms with Crippen LogP contribution in [0.15, 0.2) is 72.8 Å². The Morgan fingerprint density at radius 1 is 0.812 bits per heavy atom. The van der Waals surface area contributed by atoms with Gasteiger partial charge in [-0.2, -0.15) is 0 Å². The van der Waals surface area contributed by atoms with E-state index < -0.39 is 0 Å². The molecule has 1 heterocycles. The fraction of sp³-hybridized carbons (Fsp3) is 0.160. The largest absolute Gasteiger partial charge is 0.494 e. The zero-order valence-corrected chi connectivity index (χ0v) is 17.5. The number of anilines is 2. The fourth-order valence-corrected chi connectivity index (χ4v) is 3.34. The highest BCUT2D eigenvalue weighted by Gasteiger charge is 2.30. The van der Waals surface area contributed by atoms with Crippen LogP contribution in [0.25, 0.3) is 0 Å². The van der Waals surface area contributed by atoms with Gasteiger partial charge in [-0.3, -0.25) is 19.3 Å². The van der Waals surface area contributed by atoms with Gasteiger partial charge in [0.15, 0.2) is 0 Å². The van der Waals surface area contributed by atoms with Crippen molar-refractivity contribution < 1.29 is 23.9 Å². The van der Waals surface area contributed by atoms with Crippen molar-refractivity contribution in [1.82, 2.24) is 0 Å². The third-order valence-electron chi connectivity index (χ3n) is 4.92. The molecule has 1 saturated heterocycles. The monoisotopic (exact) mass is 430 g/mol. The average molecular weight is 430 g/mol. The molecule has 0 aromatic heterocycles. The lowest BCUT2D eigenvalue weighted by Gasteiger charge is -2.14. The topological polar surface area (TPSA) is 84.9 Å². The Kier molecular flexibility index (Phi) is 6.17. The van der Waals surface area contributed by atoms with Crippen LogP contribution in [0, 0.1) is 0 Å². The average Bonchev–Trinajstić information content (AvgIpc) is 3.14. The van der Waals surface area contributed by atoms with Crippen LogP contribution in [0.4, 0.5) is 11.4 Å². The van der Waals surface area contributed by atoms with Gasteiger partial charge in [-0.05, 0) is 79.7 Å². The van der Waals surface area contributed by atoms with Crippen LogP contribution < -0.4 is 19.7 Å². The molecule has 0 saturated carbocycles. The summed E-state index contributed by atoms with van der Waals surface area (Å²) in [4.78, 5) is 37.4. The third-order valence-corrected chi connectivity index (χ3v) is 4.92. The summed E-state index contributed by atoms with van der Waals surface area (Å²) in [6.45, 7) is 2.54. The summed E-state index contributed by atoms with van der Waals surface area (Å²) in [7, 11) is 0. The fourth-order valence-electron chi connectivity index (χ4n) is 3.34. The molecule has 3 amide bonds. The molecule has 7 heteroatoms. The minimum atomic E-state index is -0.296. The Bertz CT molecular complexity index is 1110. The molecule has 162 valence electrons. The van der Waals surface area contributed by atoms with Crippen molar-refractivity contribution >= 4 is 29.1 Å². The molecule has 0 spiro atoms. The van der Waals surface area contributed by atoms with Gasteiger partial charge in [-0.15, -0.1) is 0 Å². The molecule has 1 aliphatic heterocycles. The second kappa shape index (κ2) is 9.34. The molecule has 32 heavy (non-hydrogen) atoms. The van der Waals surface area contributed by atoms with Gasteiger partial charge < -0.3 is 14.8 Å². The first-order valence-electron chi connectivity index (χ1n) is 10.3. The molecule has 3 aromatic rings. The van der Waals surface area contributed by atoms with Crippen LogP contribution in [0.5, 0.6) is 17.2 Å². The molecule has 0 radical (unpaired) electrons. The van der Waals surface area contributed by atoms with Gasteiger partial charge in [-0.1, -0.05) is 0 Å². The summed E-state index contributed by atoms with van der Waals surface area (Å²) in [5, 5.41) is 2.82. The van der Waals surface area contributed by atoms with Crippen molar-refractivity contribution in [3.8, 4) is 17.2 Å². The Morgan fingerprint density at radius 2 is 1.34 bits per heavy atom. The van der Waals surface area contributed by atoms with Crippen LogP contribution >= 0.6 is 0 Å². The number of rotatable bonds is 7. The lowest BCUT2D eigenvalue weighted by molar-refractivity contribution is -0.121. The minimum absolute atomic E-state index is 0.222. The maximum atomic E-state index is 12.5. The summed E-state index contributed by atoms with van der Waals surface area (Å²) < 4.78 is 11.2. The van der Waals surface area contributed by atoms with Crippen LogP contribution in [0.2, 0.25) is 0 Å². The molecule has 7 nitrogen and oxygen atoms in total. The highest BCUT2D eigenvalue weighted by atomic mass is 16.5. The standard InChI is InChI=1S/C25H22N2O5/c1-2-31-20-11-13-22(14-12-20)32-21-9-5-18(6-10-21)26-25(30)17-3-7-19(8-4-17)27-23(28)15-16-24(27)29/h3-14H,2,15-16H2,1H3,(H,26,30). The Labute approximate surface area is 185 Å². The summed E-state index contributed by atoms with van der Waals surface area (Å²) >= 11 is 0. The highest BCUT2D eigenvalue weighted by Crippen LogP contribution is 2.26. The third kappa shape index (κ3) is 4.78. The highest BCUT2D eigenvalue weighted by molar-refractivity contribution is 6.20. The Morgan fingerprint density at radius 3 is 1.91 bits per heavy atom. The van der Waals surface area contributed by atoms with E-state index in [4.69, 9.17) is 9.47 Å². The molecule has 0 unspecified atom stereocenters. The van der Waals surface area contributed by atoms with E-state index >= 15 is 0 Å². The van der Waals surface area contributed by atoms with Crippen molar-refractivity contribution in [1.29, 1.82) is 0 Å². The van der Waals surface area contributed by atoms with E-state index in [1.807, 2.05) is 31.2 Å². The molecule has 1 N–H and O–H groups in total. The van der Waals surface area contributed by atoms with E-state index in [1.165, 1.54) is 0 Å². The van der Waals surface area contributed by atoms with Crippen molar-refractivity contribution in [2.24, 2.45) is 0 Å². The lowest BCUT2D eigenvalue weighted by atomic mass is 10.1. The summed E-state index contributed by atoms with van der Waals surface area (Å²) in [5.74, 6) is 1.36. The van der Waals surface area contributed by atoms with E-state index in [-0.39, 0.29) is 30.6 Å². The van der Waals surface area contributed by atoms with Gasteiger partial charge in [0.25, 0.3) is 5.91 Å². The number of ether oxygens (including phenoxy) is 2. The van der Waals surface area contributed by atoms with Gasteiger partial charge in [0.2, 0.25) is 11.8 Å². The maximum Gasteiger partial charge on any atom is 0.255 e. The van der Waals surface area contributed by atoms with Gasteiger partial charge in [0, 0.05) is 24.1 Å². The number of nitrogens with zero attached hydrogens (tertiary/aromatic N) is 1. The minimum Gasteiger partial charge on any atom is -0.494 e. The van der Waals surface area contributed by atoms with Gasteiger partial charge in [-0.25, -0.2) is 0 Å². The van der Waals surface area contributed by atoms with E-state index in [9.17, 15) is 14.4 Å². The first kappa shape index (κ1) is 21.1. The first-order chi connectivity index (χ1) is 15.5. The number of imide groups is 1. The second-order valence-electron chi connectivity index (χ2n) is 7.15. The van der Waals surface area contributed by atoms with Gasteiger partial charge >= 0.3 is 0 Å². The van der Waals surface area contributed by atoms with Gasteiger partial charge in [0.05, 0.1) is 12.3 Å². The molecule has 0 bridgehead atoms. The molecular formula is C25H22N2O5. The van der Waals surface area contributed by atoms with Crippen LogP contribution in [0.1, 0.15) is 30.1 Å². The summed E-state index contributed by atoms with van der Waals surface area (Å²) in [5.41, 5.74) is 1.51. The molecule has 1 fully saturated rings. The van der Waals surface area contributed by atoms with Crippen LogP contribution in [-0.2, 0) is 9.59 Å². The SMILES string of the molecule is CCOc1ccc(Oc2ccc(NC(=O)c3ccc(N4C(=O)CCC4=O)cc3)cc2)cc1.